The van der Waals surface area contributed by atoms with E-state index in [1.165, 1.54) is 17.6 Å². The zero-order valence-electron chi connectivity index (χ0n) is 14.2. The molecule has 3 aromatic rings. The van der Waals surface area contributed by atoms with Crippen molar-refractivity contribution in [1.29, 1.82) is 0 Å². The van der Waals surface area contributed by atoms with Crippen molar-refractivity contribution in [3.05, 3.63) is 87.7 Å². The minimum absolute atomic E-state index is 0.0233. The van der Waals surface area contributed by atoms with Gasteiger partial charge in [0, 0.05) is 30.8 Å². The molecule has 1 amide bonds. The Bertz CT molecular complexity index is 950. The maximum Gasteiger partial charge on any atom is 0.310 e. The smallest absolute Gasteiger partial charge is 0.310 e. The van der Waals surface area contributed by atoms with Gasteiger partial charge in [-0.25, -0.2) is 5.48 Å². The molecule has 8 heteroatoms. The van der Waals surface area contributed by atoms with Gasteiger partial charge in [0.05, 0.1) is 4.92 Å². The molecule has 0 unspecified atom stereocenters. The highest BCUT2D eigenvalue weighted by Crippen LogP contribution is 2.22. The first kappa shape index (κ1) is 18.3. The average Bonchev–Trinajstić information content (AvgIpc) is 3.18. The van der Waals surface area contributed by atoms with Crippen LogP contribution < -0.4 is 10.8 Å². The lowest BCUT2D eigenvalue weighted by atomic mass is 10.1. The Hall–Kier alpha value is -3.49. The van der Waals surface area contributed by atoms with Crippen molar-refractivity contribution in [3.63, 3.8) is 0 Å². The summed E-state index contributed by atoms with van der Waals surface area (Å²) >= 11 is 0. The molecular formula is C19H17N3O5. The summed E-state index contributed by atoms with van der Waals surface area (Å²) in [6.45, 7) is 1.11. The largest absolute Gasteiger partial charge is 0.451 e. The third-order valence-corrected chi connectivity index (χ3v) is 3.95. The van der Waals surface area contributed by atoms with Crippen LogP contribution in [0.3, 0.4) is 0 Å². The standard InChI is InChI=1S/C19H17N3O5/c23-19(21-24)18-9-8-17(27-18)15-6-4-13(5-7-15)11-20-12-14-2-1-3-16(10-14)22(25)26/h1-10,20,24H,11-12H2,(H,21,23). The number of non-ortho nitro benzene ring substituents is 1. The monoisotopic (exact) mass is 367 g/mol. The van der Waals surface area contributed by atoms with Gasteiger partial charge in [-0.15, -0.1) is 0 Å². The summed E-state index contributed by atoms with van der Waals surface area (Å²) in [6, 6.07) is 17.2. The molecule has 1 heterocycles. The van der Waals surface area contributed by atoms with E-state index in [1.54, 1.807) is 18.2 Å². The first-order chi connectivity index (χ1) is 13.1. The SMILES string of the molecule is O=C(NO)c1ccc(-c2ccc(CNCc3cccc([N+](=O)[O-])c3)cc2)o1. The number of carbonyl (C=O) groups is 1. The number of furan rings is 1. The van der Waals surface area contributed by atoms with Crippen LogP contribution in [0.15, 0.2) is 65.1 Å². The fraction of sp³-hybridized carbons (Fsp3) is 0.105. The van der Waals surface area contributed by atoms with Crippen LogP contribution in [0.1, 0.15) is 21.7 Å². The van der Waals surface area contributed by atoms with Crippen LogP contribution in [-0.4, -0.2) is 16.0 Å². The normalized spacial score (nSPS) is 10.6. The van der Waals surface area contributed by atoms with Crippen LogP contribution in [0.4, 0.5) is 5.69 Å². The summed E-state index contributed by atoms with van der Waals surface area (Å²) in [4.78, 5) is 21.7. The quantitative estimate of drug-likeness (QED) is 0.335. The molecule has 0 atom stereocenters. The fourth-order valence-electron chi connectivity index (χ4n) is 2.59. The second kappa shape index (κ2) is 8.26. The predicted octanol–water partition coefficient (Wildman–Crippen LogP) is 3.26. The summed E-state index contributed by atoms with van der Waals surface area (Å²) < 4.78 is 5.39. The van der Waals surface area contributed by atoms with Gasteiger partial charge in [0.15, 0.2) is 5.76 Å². The van der Waals surface area contributed by atoms with Gasteiger partial charge in [0.1, 0.15) is 5.76 Å². The lowest BCUT2D eigenvalue weighted by molar-refractivity contribution is -0.384. The summed E-state index contributed by atoms with van der Waals surface area (Å²) in [6.07, 6.45) is 0. The van der Waals surface area contributed by atoms with E-state index in [0.29, 0.717) is 18.8 Å². The molecule has 2 aromatic carbocycles. The highest BCUT2D eigenvalue weighted by atomic mass is 16.6. The molecule has 0 spiro atoms. The number of amides is 1. The molecule has 0 saturated carbocycles. The third-order valence-electron chi connectivity index (χ3n) is 3.95. The summed E-state index contributed by atoms with van der Waals surface area (Å²) in [5.41, 5.74) is 4.27. The molecule has 0 bridgehead atoms. The molecule has 0 aliphatic rings. The number of hydrogen-bond donors (Lipinski definition) is 3. The van der Waals surface area contributed by atoms with Crippen molar-refractivity contribution in [2.75, 3.05) is 0 Å². The Kier molecular flexibility index (Phi) is 5.60. The van der Waals surface area contributed by atoms with Crippen molar-refractivity contribution in [2.24, 2.45) is 0 Å². The zero-order valence-corrected chi connectivity index (χ0v) is 14.2. The van der Waals surface area contributed by atoms with E-state index in [1.807, 2.05) is 30.3 Å². The minimum atomic E-state index is -0.705. The van der Waals surface area contributed by atoms with Crippen molar-refractivity contribution < 1.29 is 19.3 Å². The molecule has 0 aliphatic heterocycles. The van der Waals surface area contributed by atoms with Crippen molar-refractivity contribution in [3.8, 4) is 11.3 Å². The number of rotatable bonds is 7. The molecule has 1 aromatic heterocycles. The molecule has 3 rings (SSSR count). The van der Waals surface area contributed by atoms with Gasteiger partial charge < -0.3 is 9.73 Å². The molecule has 0 fully saturated rings. The van der Waals surface area contributed by atoms with Crippen LogP contribution in [0.2, 0.25) is 0 Å². The molecule has 3 N–H and O–H groups in total. The number of nitro groups is 1. The molecule has 0 aliphatic carbocycles. The van der Waals surface area contributed by atoms with Gasteiger partial charge in [0.25, 0.3) is 5.69 Å². The van der Waals surface area contributed by atoms with Crippen molar-refractivity contribution >= 4 is 11.6 Å². The Morgan fingerprint density at radius 3 is 2.48 bits per heavy atom. The van der Waals surface area contributed by atoms with E-state index in [-0.39, 0.29) is 11.4 Å². The molecule has 138 valence electrons. The van der Waals surface area contributed by atoms with Crippen molar-refractivity contribution in [2.45, 2.75) is 13.1 Å². The number of hydroxylamine groups is 1. The van der Waals surface area contributed by atoms with Gasteiger partial charge in [-0.05, 0) is 23.3 Å². The molecule has 8 nitrogen and oxygen atoms in total. The molecule has 0 saturated heterocycles. The minimum Gasteiger partial charge on any atom is -0.451 e. The van der Waals surface area contributed by atoms with Crippen LogP contribution >= 0.6 is 0 Å². The summed E-state index contributed by atoms with van der Waals surface area (Å²) in [5.74, 6) is -0.164. The van der Waals surface area contributed by atoms with Gasteiger partial charge in [0.2, 0.25) is 0 Å². The van der Waals surface area contributed by atoms with Crippen LogP contribution in [0.25, 0.3) is 11.3 Å². The van der Waals surface area contributed by atoms with E-state index in [9.17, 15) is 14.9 Å². The Morgan fingerprint density at radius 2 is 1.78 bits per heavy atom. The maximum atomic E-state index is 11.3. The van der Waals surface area contributed by atoms with E-state index in [4.69, 9.17) is 9.62 Å². The highest BCUT2D eigenvalue weighted by molar-refractivity contribution is 5.91. The molecule has 27 heavy (non-hydrogen) atoms. The third kappa shape index (κ3) is 4.57. The Morgan fingerprint density at radius 1 is 1.04 bits per heavy atom. The lowest BCUT2D eigenvalue weighted by Gasteiger charge is -2.06. The predicted molar refractivity (Wildman–Crippen MR) is 97.0 cm³/mol. The number of nitrogens with one attached hydrogen (secondary N) is 2. The number of benzene rings is 2. The van der Waals surface area contributed by atoms with Gasteiger partial charge in [-0.1, -0.05) is 36.4 Å². The number of hydrogen-bond acceptors (Lipinski definition) is 6. The van der Waals surface area contributed by atoms with Crippen molar-refractivity contribution in [1.82, 2.24) is 10.8 Å². The Labute approximate surface area is 154 Å². The fourth-order valence-corrected chi connectivity index (χ4v) is 2.59. The van der Waals surface area contributed by atoms with Gasteiger partial charge in [-0.2, -0.15) is 0 Å². The van der Waals surface area contributed by atoms with Crippen LogP contribution in [0.5, 0.6) is 0 Å². The first-order valence-electron chi connectivity index (χ1n) is 8.14. The van der Waals surface area contributed by atoms with Gasteiger partial charge >= 0.3 is 5.91 Å². The topological polar surface area (TPSA) is 118 Å². The zero-order chi connectivity index (χ0) is 19.2. The second-order valence-electron chi connectivity index (χ2n) is 5.83. The van der Waals surface area contributed by atoms with E-state index in [2.05, 4.69) is 5.32 Å². The average molecular weight is 367 g/mol. The second-order valence-corrected chi connectivity index (χ2v) is 5.83. The molecule has 0 radical (unpaired) electrons. The van der Waals surface area contributed by atoms with Crippen LogP contribution in [0, 0.1) is 10.1 Å². The van der Waals surface area contributed by atoms with E-state index < -0.39 is 10.8 Å². The lowest BCUT2D eigenvalue weighted by Crippen LogP contribution is -2.17. The number of nitrogens with zero attached hydrogens (tertiary/aromatic N) is 1. The highest BCUT2D eigenvalue weighted by Gasteiger charge is 2.11. The summed E-state index contributed by atoms with van der Waals surface area (Å²) in [5, 5.41) is 22.7. The van der Waals surface area contributed by atoms with E-state index in [0.717, 1.165) is 16.7 Å². The first-order valence-corrected chi connectivity index (χ1v) is 8.14. The maximum absolute atomic E-state index is 11.3. The molecular weight excluding hydrogens is 350 g/mol. The van der Waals surface area contributed by atoms with E-state index >= 15 is 0 Å². The Balaban J connectivity index is 1.58. The number of carbonyl (C=O) groups excluding carboxylic acids is 1. The van der Waals surface area contributed by atoms with Crippen LogP contribution in [-0.2, 0) is 13.1 Å². The van der Waals surface area contributed by atoms with Gasteiger partial charge in [-0.3, -0.25) is 20.1 Å². The number of nitro benzene ring substituents is 1. The summed E-state index contributed by atoms with van der Waals surface area (Å²) in [7, 11) is 0.